The van der Waals surface area contributed by atoms with Gasteiger partial charge in [0.05, 0.1) is 26.0 Å². The Balaban J connectivity index is 1.61. The highest BCUT2D eigenvalue weighted by Gasteiger charge is 2.10. The van der Waals surface area contributed by atoms with Crippen LogP contribution in [0.3, 0.4) is 0 Å². The van der Waals surface area contributed by atoms with E-state index in [0.717, 1.165) is 50.5 Å². The molecule has 106 valence electrons. The molecule has 0 atom stereocenters. The highest BCUT2D eigenvalue weighted by Crippen LogP contribution is 2.18. The molecule has 0 aliphatic carbocycles. The molecule has 1 aliphatic rings. The Morgan fingerprint density at radius 1 is 1.10 bits per heavy atom. The van der Waals surface area contributed by atoms with Crippen molar-refractivity contribution in [2.24, 2.45) is 0 Å². The molecule has 0 radical (unpaired) electrons. The Labute approximate surface area is 119 Å². The van der Waals surface area contributed by atoms with Crippen LogP contribution in [0, 0.1) is 6.92 Å². The Morgan fingerprint density at radius 2 is 1.95 bits per heavy atom. The first-order chi connectivity index (χ1) is 9.81. The summed E-state index contributed by atoms with van der Waals surface area (Å²) in [5, 5.41) is 4.44. The smallest absolute Gasteiger partial charge is 0.0594 e. The van der Waals surface area contributed by atoms with E-state index in [2.05, 4.69) is 34.2 Å². The zero-order valence-corrected chi connectivity index (χ0v) is 11.8. The quantitative estimate of drug-likeness (QED) is 0.847. The summed E-state index contributed by atoms with van der Waals surface area (Å²) in [4.78, 5) is 6.65. The molecule has 0 N–H and O–H groups in total. The Bertz CT molecular complexity index is 561. The van der Waals surface area contributed by atoms with E-state index in [-0.39, 0.29) is 0 Å². The number of rotatable bonds is 4. The van der Waals surface area contributed by atoms with Crippen LogP contribution in [0.4, 0.5) is 0 Å². The van der Waals surface area contributed by atoms with Crippen LogP contribution >= 0.6 is 0 Å². The average molecular weight is 272 g/mol. The molecule has 3 heterocycles. The van der Waals surface area contributed by atoms with E-state index in [1.165, 1.54) is 5.56 Å². The van der Waals surface area contributed by atoms with Crippen LogP contribution in [-0.4, -0.2) is 52.5 Å². The van der Waals surface area contributed by atoms with Crippen molar-refractivity contribution in [1.82, 2.24) is 19.7 Å². The van der Waals surface area contributed by atoms with Gasteiger partial charge in [-0.25, -0.2) is 0 Å². The van der Waals surface area contributed by atoms with Gasteiger partial charge in [0.25, 0.3) is 0 Å². The van der Waals surface area contributed by atoms with Gasteiger partial charge in [-0.1, -0.05) is 0 Å². The third-order valence-corrected chi connectivity index (χ3v) is 3.59. The second kappa shape index (κ2) is 6.15. The number of ether oxygens (including phenoxy) is 1. The standard InChI is InChI=1S/C15H20N4O/c1-13-8-14(10-16-9-13)15-11-17-19(12-15)3-2-18-4-6-20-7-5-18/h8-12H,2-7H2,1H3. The molecule has 0 bridgehead atoms. The molecule has 0 aromatic carbocycles. The number of aryl methyl sites for hydroxylation is 1. The van der Waals surface area contributed by atoms with Crippen molar-refractivity contribution in [1.29, 1.82) is 0 Å². The Morgan fingerprint density at radius 3 is 2.75 bits per heavy atom. The maximum atomic E-state index is 5.35. The molecule has 0 saturated carbocycles. The molecule has 0 unspecified atom stereocenters. The molecule has 0 spiro atoms. The van der Waals surface area contributed by atoms with Crippen molar-refractivity contribution in [3.05, 3.63) is 36.4 Å². The summed E-state index contributed by atoms with van der Waals surface area (Å²) in [5.41, 5.74) is 3.43. The van der Waals surface area contributed by atoms with Crippen LogP contribution in [0.15, 0.2) is 30.9 Å². The third-order valence-electron chi connectivity index (χ3n) is 3.59. The van der Waals surface area contributed by atoms with Gasteiger partial charge < -0.3 is 4.74 Å². The van der Waals surface area contributed by atoms with Gasteiger partial charge >= 0.3 is 0 Å². The molecule has 1 fully saturated rings. The molecular weight excluding hydrogens is 252 g/mol. The van der Waals surface area contributed by atoms with Crippen molar-refractivity contribution >= 4 is 0 Å². The van der Waals surface area contributed by atoms with Gasteiger partial charge in [0.15, 0.2) is 0 Å². The van der Waals surface area contributed by atoms with E-state index in [1.807, 2.05) is 23.3 Å². The fourth-order valence-electron chi connectivity index (χ4n) is 2.42. The second-order valence-electron chi connectivity index (χ2n) is 5.20. The van der Waals surface area contributed by atoms with Crippen LogP contribution in [-0.2, 0) is 11.3 Å². The lowest BCUT2D eigenvalue weighted by Crippen LogP contribution is -2.38. The molecule has 1 saturated heterocycles. The summed E-state index contributed by atoms with van der Waals surface area (Å²) in [7, 11) is 0. The Hall–Kier alpha value is -1.72. The lowest BCUT2D eigenvalue weighted by atomic mass is 10.1. The van der Waals surface area contributed by atoms with Crippen LogP contribution < -0.4 is 0 Å². The zero-order chi connectivity index (χ0) is 13.8. The minimum Gasteiger partial charge on any atom is -0.379 e. The van der Waals surface area contributed by atoms with Gasteiger partial charge in [0, 0.05) is 49.4 Å². The monoisotopic (exact) mass is 272 g/mol. The molecule has 2 aromatic rings. The van der Waals surface area contributed by atoms with Crippen molar-refractivity contribution in [2.45, 2.75) is 13.5 Å². The lowest BCUT2D eigenvalue weighted by Gasteiger charge is -2.26. The normalized spacial score (nSPS) is 16.4. The first-order valence-corrected chi connectivity index (χ1v) is 7.06. The van der Waals surface area contributed by atoms with E-state index in [4.69, 9.17) is 4.74 Å². The Kier molecular flexibility index (Phi) is 4.08. The minimum atomic E-state index is 0.847. The van der Waals surface area contributed by atoms with E-state index in [1.54, 1.807) is 0 Å². The molecule has 5 heteroatoms. The summed E-state index contributed by atoms with van der Waals surface area (Å²) in [6, 6.07) is 2.14. The summed E-state index contributed by atoms with van der Waals surface area (Å²) in [5.74, 6) is 0. The van der Waals surface area contributed by atoms with E-state index in [0.29, 0.717) is 0 Å². The second-order valence-corrected chi connectivity index (χ2v) is 5.20. The van der Waals surface area contributed by atoms with Gasteiger partial charge in [0.1, 0.15) is 0 Å². The highest BCUT2D eigenvalue weighted by molar-refractivity contribution is 5.61. The number of pyridine rings is 1. The van der Waals surface area contributed by atoms with Crippen LogP contribution in [0.5, 0.6) is 0 Å². The number of morpholine rings is 1. The summed E-state index contributed by atoms with van der Waals surface area (Å²) in [6.45, 7) is 7.74. The SMILES string of the molecule is Cc1cncc(-c2cnn(CCN3CCOCC3)c2)c1. The van der Waals surface area contributed by atoms with E-state index < -0.39 is 0 Å². The minimum absolute atomic E-state index is 0.847. The average Bonchev–Trinajstić information content (AvgIpc) is 2.95. The number of aromatic nitrogens is 3. The van der Waals surface area contributed by atoms with Crippen molar-refractivity contribution in [3.8, 4) is 11.1 Å². The molecule has 2 aromatic heterocycles. The predicted octanol–water partition coefficient (Wildman–Crippen LogP) is 1.59. The fourth-order valence-corrected chi connectivity index (χ4v) is 2.42. The topological polar surface area (TPSA) is 43.2 Å². The maximum absolute atomic E-state index is 5.35. The van der Waals surface area contributed by atoms with Gasteiger partial charge in [-0.15, -0.1) is 0 Å². The number of hydrogen-bond acceptors (Lipinski definition) is 4. The van der Waals surface area contributed by atoms with E-state index in [9.17, 15) is 0 Å². The predicted molar refractivity (Wildman–Crippen MR) is 77.5 cm³/mol. The fraction of sp³-hybridized carbons (Fsp3) is 0.467. The van der Waals surface area contributed by atoms with Crippen LogP contribution in [0.2, 0.25) is 0 Å². The first kappa shape index (κ1) is 13.3. The summed E-state index contributed by atoms with van der Waals surface area (Å²) >= 11 is 0. The molecular formula is C15H20N4O. The molecule has 5 nitrogen and oxygen atoms in total. The lowest BCUT2D eigenvalue weighted by molar-refractivity contribution is 0.0360. The molecule has 1 aliphatic heterocycles. The van der Waals surface area contributed by atoms with Gasteiger partial charge in [-0.3, -0.25) is 14.6 Å². The van der Waals surface area contributed by atoms with Crippen LogP contribution in [0.25, 0.3) is 11.1 Å². The van der Waals surface area contributed by atoms with Gasteiger partial charge in [0.2, 0.25) is 0 Å². The number of nitrogens with zero attached hydrogens (tertiary/aromatic N) is 4. The summed E-state index contributed by atoms with van der Waals surface area (Å²) < 4.78 is 7.36. The maximum Gasteiger partial charge on any atom is 0.0594 e. The molecule has 0 amide bonds. The van der Waals surface area contributed by atoms with Gasteiger partial charge in [-0.05, 0) is 18.6 Å². The molecule has 3 rings (SSSR count). The first-order valence-electron chi connectivity index (χ1n) is 7.06. The highest BCUT2D eigenvalue weighted by atomic mass is 16.5. The number of hydrogen-bond donors (Lipinski definition) is 0. The van der Waals surface area contributed by atoms with Crippen molar-refractivity contribution in [2.75, 3.05) is 32.8 Å². The largest absolute Gasteiger partial charge is 0.379 e. The molecule has 20 heavy (non-hydrogen) atoms. The van der Waals surface area contributed by atoms with E-state index >= 15 is 0 Å². The van der Waals surface area contributed by atoms with Crippen LogP contribution in [0.1, 0.15) is 5.56 Å². The van der Waals surface area contributed by atoms with Gasteiger partial charge in [-0.2, -0.15) is 5.10 Å². The summed E-state index contributed by atoms with van der Waals surface area (Å²) in [6.07, 6.45) is 7.76. The van der Waals surface area contributed by atoms with Crippen molar-refractivity contribution in [3.63, 3.8) is 0 Å². The third kappa shape index (κ3) is 3.23. The zero-order valence-electron chi connectivity index (χ0n) is 11.8. The van der Waals surface area contributed by atoms with Crippen molar-refractivity contribution < 1.29 is 4.74 Å².